The van der Waals surface area contributed by atoms with Crippen LogP contribution in [0, 0.1) is 0 Å². The summed E-state index contributed by atoms with van der Waals surface area (Å²) in [6, 6.07) is 0. The van der Waals surface area contributed by atoms with Crippen LogP contribution in [0.5, 0.6) is 0 Å². The van der Waals surface area contributed by atoms with Crippen molar-refractivity contribution < 1.29 is 16.0 Å². The molecule has 0 heterocycles. The summed E-state index contributed by atoms with van der Waals surface area (Å²) in [7, 11) is 0. The van der Waals surface area contributed by atoms with Gasteiger partial charge in [-0.1, -0.05) is 0 Å². The van der Waals surface area contributed by atoms with Crippen molar-refractivity contribution in [3.63, 3.8) is 0 Å². The summed E-state index contributed by atoms with van der Waals surface area (Å²) in [5, 5.41) is 0.896. The van der Waals surface area contributed by atoms with Crippen LogP contribution < -0.4 is 0 Å². The molecule has 0 aliphatic rings. The predicted octanol–water partition coefficient (Wildman–Crippen LogP) is 1.14. The van der Waals surface area contributed by atoms with Crippen LogP contribution >= 0.6 is 0 Å². The minimum absolute atomic E-state index is 0.896. The molecule has 0 amide bonds. The maximum absolute atomic E-state index is 3.43. The van der Waals surface area contributed by atoms with Gasteiger partial charge in [-0.25, -0.2) is 0 Å². The van der Waals surface area contributed by atoms with E-state index in [1.54, 1.807) is 6.08 Å². The third-order valence-corrected chi connectivity index (χ3v) is 0.450. The number of hydrogen-bond donors (Lipinski definition) is 0. The average Bonchev–Trinajstić information content (AvgIpc) is 1.37. The molecule has 0 radical (unpaired) electrons. The van der Waals surface area contributed by atoms with Crippen LogP contribution in [0.25, 0.3) is 0 Å². The quantitative estimate of drug-likeness (QED) is 0.339. The second-order valence-corrected chi connectivity index (χ2v) is 0.925. The van der Waals surface area contributed by atoms with Crippen LogP contribution in [-0.4, -0.2) is 0 Å². The van der Waals surface area contributed by atoms with Gasteiger partial charge in [0, 0.05) is 0 Å². The molecule has 0 spiro atoms. The van der Waals surface area contributed by atoms with Crippen LogP contribution in [0.3, 0.4) is 0 Å². The van der Waals surface area contributed by atoms with Gasteiger partial charge in [-0.15, -0.1) is 0 Å². The molecule has 0 aromatic heterocycles. The first kappa shape index (κ1) is 4.26. The maximum atomic E-state index is 3.43. The first-order valence-corrected chi connectivity index (χ1v) is 1.92. The molecule has 0 saturated carbocycles. The van der Waals surface area contributed by atoms with E-state index in [-0.39, 0.29) is 0 Å². The number of rotatable bonds is 1. The SMILES string of the molecule is C=C[CH2][Mn]. The van der Waals surface area contributed by atoms with E-state index in [0.29, 0.717) is 0 Å². The van der Waals surface area contributed by atoms with Gasteiger partial charge in [0.05, 0.1) is 0 Å². The van der Waals surface area contributed by atoms with Gasteiger partial charge in [0.15, 0.2) is 0 Å². The molecular formula is C3H5Mn. The molecule has 4 heavy (non-hydrogen) atoms. The molecule has 0 atom stereocenters. The van der Waals surface area contributed by atoms with Gasteiger partial charge in [-0.05, 0) is 0 Å². The monoisotopic (exact) mass is 96.0 g/mol. The van der Waals surface area contributed by atoms with Crippen molar-refractivity contribution in [2.75, 3.05) is 0 Å². The summed E-state index contributed by atoms with van der Waals surface area (Å²) in [5.74, 6) is 0. The second-order valence-electron chi connectivity index (χ2n) is 0.443. The fourth-order valence-corrected chi connectivity index (χ4v) is 0. The summed E-state index contributed by atoms with van der Waals surface area (Å²) in [5.41, 5.74) is 0. The predicted molar refractivity (Wildman–Crippen MR) is 15.0 cm³/mol. The van der Waals surface area contributed by atoms with Crippen molar-refractivity contribution in [1.29, 1.82) is 0 Å². The Morgan fingerprint density at radius 3 is 2.25 bits per heavy atom. The van der Waals surface area contributed by atoms with Crippen molar-refractivity contribution in [3.8, 4) is 0 Å². The van der Waals surface area contributed by atoms with Crippen molar-refractivity contribution in [3.05, 3.63) is 12.7 Å². The number of hydrogen-bond acceptors (Lipinski definition) is 0. The van der Waals surface area contributed by atoms with E-state index >= 15 is 0 Å². The third-order valence-electron chi connectivity index (χ3n) is 0.109. The summed E-state index contributed by atoms with van der Waals surface area (Å²) in [6.07, 6.45) is 1.79. The zero-order chi connectivity index (χ0) is 3.41. The van der Waals surface area contributed by atoms with E-state index in [9.17, 15) is 0 Å². The van der Waals surface area contributed by atoms with Gasteiger partial charge in [-0.2, -0.15) is 0 Å². The van der Waals surface area contributed by atoms with E-state index < -0.39 is 0 Å². The third kappa shape index (κ3) is 2.26. The molecule has 1 heteroatoms. The molecule has 0 fully saturated rings. The molecule has 0 rings (SSSR count). The van der Waals surface area contributed by atoms with Gasteiger partial charge >= 0.3 is 34.0 Å². The zero-order valence-electron chi connectivity index (χ0n) is 2.37. The molecule has 0 aliphatic carbocycles. The Bertz CT molecular complexity index is 17.2. The minimum atomic E-state index is 0.896. The summed E-state index contributed by atoms with van der Waals surface area (Å²) < 4.78 is 0. The van der Waals surface area contributed by atoms with Crippen molar-refractivity contribution in [2.24, 2.45) is 0 Å². The van der Waals surface area contributed by atoms with Crippen LogP contribution in [-0.2, 0) is 16.0 Å². The van der Waals surface area contributed by atoms with E-state index in [1.165, 1.54) is 0 Å². The molecule has 0 bridgehead atoms. The van der Waals surface area contributed by atoms with Crippen molar-refractivity contribution >= 4 is 0 Å². The first-order chi connectivity index (χ1) is 1.91. The Balaban J connectivity index is 2.30. The molecular weight excluding hydrogens is 91.0 g/mol. The summed E-state index contributed by atoms with van der Waals surface area (Å²) in [4.78, 5) is 0. The van der Waals surface area contributed by atoms with Gasteiger partial charge in [0.2, 0.25) is 0 Å². The molecule has 24 valence electrons. The van der Waals surface area contributed by atoms with Crippen molar-refractivity contribution in [1.82, 2.24) is 0 Å². The van der Waals surface area contributed by atoms with Crippen LogP contribution in [0.2, 0.25) is 5.32 Å². The normalized spacial score (nSPS) is 6.25. The topological polar surface area (TPSA) is 0 Å². The first-order valence-electron chi connectivity index (χ1n) is 1.08. The zero-order valence-corrected chi connectivity index (χ0v) is 3.55. The van der Waals surface area contributed by atoms with Crippen LogP contribution in [0.1, 0.15) is 0 Å². The average molecular weight is 96.0 g/mol. The van der Waals surface area contributed by atoms with Gasteiger partial charge < -0.3 is 0 Å². The van der Waals surface area contributed by atoms with Crippen LogP contribution in [0.4, 0.5) is 0 Å². The fraction of sp³-hybridized carbons (Fsp3) is 0.333. The summed E-state index contributed by atoms with van der Waals surface area (Å²) in [6.45, 7) is 3.43. The molecule has 0 aliphatic heterocycles. The Morgan fingerprint density at radius 1 is 2.00 bits per heavy atom. The molecule has 0 aromatic rings. The molecule has 0 nitrogen and oxygen atoms in total. The Labute approximate surface area is 34.7 Å². The summed E-state index contributed by atoms with van der Waals surface area (Å²) >= 11 is 3.13. The Morgan fingerprint density at radius 2 is 2.25 bits per heavy atom. The Hall–Kier alpha value is 0.259. The molecule has 0 saturated heterocycles. The van der Waals surface area contributed by atoms with Crippen molar-refractivity contribution in [2.45, 2.75) is 5.32 Å². The molecule has 0 aromatic carbocycles. The van der Waals surface area contributed by atoms with Gasteiger partial charge in [-0.3, -0.25) is 0 Å². The van der Waals surface area contributed by atoms with E-state index in [1.807, 2.05) is 0 Å². The fourth-order valence-electron chi connectivity index (χ4n) is 0. The molecule has 0 unspecified atom stereocenters. The van der Waals surface area contributed by atoms with E-state index in [4.69, 9.17) is 0 Å². The van der Waals surface area contributed by atoms with Crippen LogP contribution in [0.15, 0.2) is 12.7 Å². The van der Waals surface area contributed by atoms with E-state index in [2.05, 4.69) is 22.6 Å². The van der Waals surface area contributed by atoms with Gasteiger partial charge in [0.25, 0.3) is 0 Å². The van der Waals surface area contributed by atoms with E-state index in [0.717, 1.165) is 5.32 Å². The second kappa shape index (κ2) is 3.26. The number of allylic oxidation sites excluding steroid dienone is 1. The standard InChI is InChI=1S/C3H5.Mn/c1-3-2;/h3H,1-2H2;. The van der Waals surface area contributed by atoms with Gasteiger partial charge in [0.1, 0.15) is 0 Å². The Kier molecular flexibility index (Phi) is 3.47. The molecule has 0 N–H and O–H groups in total.